The Hall–Kier alpha value is -4.51. The van der Waals surface area contributed by atoms with Crippen LogP contribution in [0.4, 0.5) is 0 Å². The lowest BCUT2D eigenvalue weighted by Crippen LogP contribution is -2.60. The van der Waals surface area contributed by atoms with Gasteiger partial charge in [0, 0.05) is 37.6 Å². The zero-order valence-corrected chi connectivity index (χ0v) is 27.1. The lowest BCUT2D eigenvalue weighted by atomic mass is 9.77. The zero-order chi connectivity index (χ0) is 33.4. The highest BCUT2D eigenvalue weighted by Gasteiger charge is 2.42. The van der Waals surface area contributed by atoms with E-state index >= 15 is 0 Å². The first-order valence-electron chi connectivity index (χ1n) is 16.6. The van der Waals surface area contributed by atoms with E-state index in [1.54, 1.807) is 37.1 Å². The number of carbonyl (C=O) groups excluding carboxylic acids is 4. The number of imidazole rings is 1. The van der Waals surface area contributed by atoms with Gasteiger partial charge in [-0.05, 0) is 56.7 Å². The predicted molar refractivity (Wildman–Crippen MR) is 175 cm³/mol. The molecule has 4 N–H and O–H groups in total. The number of benzene rings is 2. The van der Waals surface area contributed by atoms with Gasteiger partial charge in [0.15, 0.2) is 0 Å². The minimum absolute atomic E-state index is 0.111. The van der Waals surface area contributed by atoms with E-state index in [1.807, 2.05) is 42.5 Å². The van der Waals surface area contributed by atoms with Crippen LogP contribution in [0.1, 0.15) is 86.0 Å². The summed E-state index contributed by atoms with van der Waals surface area (Å²) >= 11 is 0. The van der Waals surface area contributed by atoms with E-state index in [2.05, 4.69) is 20.6 Å². The second-order valence-corrected chi connectivity index (χ2v) is 12.9. The van der Waals surface area contributed by atoms with Crippen molar-refractivity contribution in [2.24, 2.45) is 0 Å². The first-order valence-corrected chi connectivity index (χ1v) is 16.6. The van der Waals surface area contributed by atoms with E-state index in [1.165, 1.54) is 6.33 Å². The molecule has 0 radical (unpaired) electrons. The summed E-state index contributed by atoms with van der Waals surface area (Å²) in [7, 11) is 0. The van der Waals surface area contributed by atoms with E-state index in [0.717, 1.165) is 24.0 Å². The van der Waals surface area contributed by atoms with Crippen LogP contribution in [-0.2, 0) is 38.5 Å². The third-order valence-electron chi connectivity index (χ3n) is 9.08. The van der Waals surface area contributed by atoms with E-state index < -0.39 is 35.5 Å². The summed E-state index contributed by atoms with van der Waals surface area (Å²) in [5, 5.41) is 17.7. The highest BCUT2D eigenvalue weighted by atomic mass is 16.5. The zero-order valence-electron chi connectivity index (χ0n) is 27.1. The number of hydrogen-bond donors (Lipinski definition) is 4. The Balaban J connectivity index is 1.33. The standard InChI is InChI=1S/C36H45N5O6/c1-24(2)47-32(42)16-10-18-36(46)17-9-8-15-31(36)40-33(43)29(20-27-21-37-23-38-27)39-34(44)30(19-25-11-4-3-5-12-25)41-22-26-13-6-7-14-28(26)35(41)45/h3-7,11-14,21,23-24,29-31,46H,8-10,15-20,22H2,1-2H3,(H,37,38)(H,39,44)(H,40,43). The number of nitrogens with zero attached hydrogens (tertiary/aromatic N) is 2. The quantitative estimate of drug-likeness (QED) is 0.196. The van der Waals surface area contributed by atoms with Crippen molar-refractivity contribution in [2.45, 2.75) is 108 Å². The van der Waals surface area contributed by atoms with Crippen molar-refractivity contribution in [3.63, 3.8) is 0 Å². The van der Waals surface area contributed by atoms with Crippen LogP contribution in [0.3, 0.4) is 0 Å². The summed E-state index contributed by atoms with van der Waals surface area (Å²) in [6.45, 7) is 3.88. The van der Waals surface area contributed by atoms with Crippen molar-refractivity contribution in [2.75, 3.05) is 0 Å². The lowest BCUT2D eigenvalue weighted by Gasteiger charge is -2.41. The molecule has 2 aromatic carbocycles. The van der Waals surface area contributed by atoms with Crippen molar-refractivity contribution in [1.82, 2.24) is 25.5 Å². The minimum Gasteiger partial charge on any atom is -0.463 e. The maximum Gasteiger partial charge on any atom is 0.306 e. The predicted octanol–water partition coefficient (Wildman–Crippen LogP) is 3.62. The average molecular weight is 644 g/mol. The topological polar surface area (TPSA) is 154 Å². The van der Waals surface area contributed by atoms with Gasteiger partial charge in [-0.15, -0.1) is 0 Å². The van der Waals surface area contributed by atoms with Gasteiger partial charge >= 0.3 is 5.97 Å². The Morgan fingerprint density at radius 3 is 2.55 bits per heavy atom. The smallest absolute Gasteiger partial charge is 0.306 e. The van der Waals surface area contributed by atoms with E-state index in [-0.39, 0.29) is 43.8 Å². The van der Waals surface area contributed by atoms with Crippen LogP contribution in [0.5, 0.6) is 0 Å². The van der Waals surface area contributed by atoms with Gasteiger partial charge in [0.1, 0.15) is 12.1 Å². The Bertz CT molecular complexity index is 1530. The van der Waals surface area contributed by atoms with E-state index in [4.69, 9.17) is 4.74 Å². The number of nitrogens with one attached hydrogen (secondary N) is 3. The fraction of sp³-hybridized carbons (Fsp3) is 0.472. The third-order valence-corrected chi connectivity index (χ3v) is 9.08. The Labute approximate surface area is 275 Å². The molecule has 1 aliphatic heterocycles. The van der Waals surface area contributed by atoms with Crippen LogP contribution in [0, 0.1) is 0 Å². The summed E-state index contributed by atoms with van der Waals surface area (Å²) in [6.07, 6.45) is 6.98. The molecule has 1 fully saturated rings. The van der Waals surface area contributed by atoms with Crippen molar-refractivity contribution in [3.8, 4) is 0 Å². The van der Waals surface area contributed by atoms with Gasteiger partial charge in [0.2, 0.25) is 11.8 Å². The molecule has 1 saturated carbocycles. The molecule has 1 aromatic heterocycles. The SMILES string of the molecule is CC(C)OC(=O)CCCC1(O)CCCCC1NC(=O)C(Cc1c[nH]cn1)NC(=O)C(Cc1ccccc1)N1Cc2ccccc2C1=O. The monoisotopic (exact) mass is 643 g/mol. The number of aliphatic hydroxyl groups is 1. The van der Waals surface area contributed by atoms with E-state index in [0.29, 0.717) is 36.9 Å². The molecule has 5 rings (SSSR count). The molecule has 1 aliphatic carbocycles. The van der Waals surface area contributed by atoms with Gasteiger partial charge in [-0.2, -0.15) is 0 Å². The van der Waals surface area contributed by atoms with Gasteiger partial charge < -0.3 is 30.4 Å². The van der Waals surface area contributed by atoms with Crippen LogP contribution in [-0.4, -0.2) is 73.5 Å². The number of fused-ring (bicyclic) bond motifs is 1. The number of rotatable bonds is 14. The number of amides is 3. The van der Waals surface area contributed by atoms with Crippen molar-refractivity contribution in [1.29, 1.82) is 0 Å². The fourth-order valence-electron chi connectivity index (χ4n) is 6.66. The number of esters is 1. The number of hydrogen-bond acceptors (Lipinski definition) is 7. The first-order chi connectivity index (χ1) is 22.6. The summed E-state index contributed by atoms with van der Waals surface area (Å²) < 4.78 is 5.24. The Kier molecular flexibility index (Phi) is 11.1. The summed E-state index contributed by atoms with van der Waals surface area (Å²) in [4.78, 5) is 62.5. The van der Waals surface area contributed by atoms with E-state index in [9.17, 15) is 24.3 Å². The molecule has 0 saturated heterocycles. The highest BCUT2D eigenvalue weighted by Crippen LogP contribution is 2.33. The molecule has 250 valence electrons. The van der Waals surface area contributed by atoms with Crippen LogP contribution < -0.4 is 10.6 Å². The number of aromatic amines is 1. The fourth-order valence-corrected chi connectivity index (χ4v) is 6.66. The van der Waals surface area contributed by atoms with Gasteiger partial charge in [-0.25, -0.2) is 4.98 Å². The number of aromatic nitrogens is 2. The largest absolute Gasteiger partial charge is 0.463 e. The number of ether oxygens (including phenoxy) is 1. The molecule has 0 bridgehead atoms. The molecule has 2 aliphatic rings. The molecule has 11 heteroatoms. The van der Waals surface area contributed by atoms with Crippen LogP contribution >= 0.6 is 0 Å². The molecule has 4 unspecified atom stereocenters. The molecule has 47 heavy (non-hydrogen) atoms. The molecule has 3 aromatic rings. The number of H-pyrrole nitrogens is 1. The second kappa shape index (κ2) is 15.4. The maximum atomic E-state index is 14.2. The molecular formula is C36H45N5O6. The van der Waals surface area contributed by atoms with Crippen molar-refractivity contribution < 1.29 is 29.0 Å². The van der Waals surface area contributed by atoms with Crippen LogP contribution in [0.25, 0.3) is 0 Å². The highest BCUT2D eigenvalue weighted by molar-refractivity contribution is 6.01. The number of carbonyl (C=O) groups is 4. The lowest BCUT2D eigenvalue weighted by molar-refractivity contribution is -0.148. The third kappa shape index (κ3) is 8.65. The van der Waals surface area contributed by atoms with Crippen molar-refractivity contribution in [3.05, 3.63) is 89.5 Å². The first kappa shape index (κ1) is 33.8. The van der Waals surface area contributed by atoms with Gasteiger partial charge in [0.05, 0.1) is 29.8 Å². The average Bonchev–Trinajstić information content (AvgIpc) is 3.68. The molecule has 2 heterocycles. The van der Waals surface area contributed by atoms with Gasteiger partial charge in [-0.3, -0.25) is 19.2 Å². The van der Waals surface area contributed by atoms with Crippen LogP contribution in [0.2, 0.25) is 0 Å². The normalized spacial score (nSPS) is 20.4. The molecule has 11 nitrogen and oxygen atoms in total. The summed E-state index contributed by atoms with van der Waals surface area (Å²) in [5.74, 6) is -1.44. The van der Waals surface area contributed by atoms with Crippen molar-refractivity contribution >= 4 is 23.7 Å². The molecule has 3 amide bonds. The molecule has 0 spiro atoms. The maximum absolute atomic E-state index is 14.2. The Morgan fingerprint density at radius 1 is 1.06 bits per heavy atom. The summed E-state index contributed by atoms with van der Waals surface area (Å²) in [5.41, 5.74) is 1.68. The molecule has 4 atom stereocenters. The summed E-state index contributed by atoms with van der Waals surface area (Å²) in [6, 6.07) is 14.4. The Morgan fingerprint density at radius 2 is 1.83 bits per heavy atom. The second-order valence-electron chi connectivity index (χ2n) is 12.9. The van der Waals surface area contributed by atoms with Gasteiger partial charge in [0.25, 0.3) is 5.91 Å². The molecular weight excluding hydrogens is 598 g/mol. The van der Waals surface area contributed by atoms with Crippen LogP contribution in [0.15, 0.2) is 67.1 Å². The minimum atomic E-state index is -1.20. The van der Waals surface area contributed by atoms with Gasteiger partial charge in [-0.1, -0.05) is 61.4 Å².